The highest BCUT2D eigenvalue weighted by Gasteiger charge is 2.24. The topological polar surface area (TPSA) is 61.4 Å². The molecule has 108 valence electrons. The summed E-state index contributed by atoms with van der Waals surface area (Å²) in [6, 6.07) is 8.03. The van der Waals surface area contributed by atoms with Gasteiger partial charge in [0, 0.05) is 38.2 Å². The van der Waals surface area contributed by atoms with E-state index in [2.05, 4.69) is 10.6 Å². The summed E-state index contributed by atoms with van der Waals surface area (Å²) in [6.45, 7) is 3.40. The van der Waals surface area contributed by atoms with Gasteiger partial charge in [-0.05, 0) is 18.6 Å². The van der Waals surface area contributed by atoms with Crippen molar-refractivity contribution in [1.29, 1.82) is 0 Å². The van der Waals surface area contributed by atoms with Crippen LogP contribution in [0.4, 0.5) is 5.69 Å². The number of hydrogen-bond acceptors (Lipinski definition) is 3. The number of nitrogens with zero attached hydrogens (tertiary/aromatic N) is 1. The fraction of sp³-hybridized carbons (Fsp3) is 0.467. The molecule has 0 aromatic heterocycles. The molecule has 0 fully saturated rings. The zero-order valence-electron chi connectivity index (χ0n) is 12.0. The van der Waals surface area contributed by atoms with Crippen LogP contribution in [0, 0.1) is 0 Å². The van der Waals surface area contributed by atoms with Gasteiger partial charge >= 0.3 is 0 Å². The first-order valence-electron chi connectivity index (χ1n) is 6.95. The van der Waals surface area contributed by atoms with Crippen molar-refractivity contribution in [3.8, 4) is 0 Å². The van der Waals surface area contributed by atoms with Gasteiger partial charge in [-0.25, -0.2) is 0 Å². The van der Waals surface area contributed by atoms with Crippen LogP contribution < -0.4 is 10.6 Å². The van der Waals surface area contributed by atoms with Gasteiger partial charge in [-0.2, -0.15) is 0 Å². The predicted octanol–water partition coefficient (Wildman–Crippen LogP) is 1.18. The van der Waals surface area contributed by atoms with Gasteiger partial charge in [0.2, 0.25) is 11.8 Å². The zero-order valence-corrected chi connectivity index (χ0v) is 12.0. The third-order valence-electron chi connectivity index (χ3n) is 3.71. The summed E-state index contributed by atoms with van der Waals surface area (Å²) in [5.74, 6) is 0.0439. The van der Waals surface area contributed by atoms with Crippen molar-refractivity contribution < 1.29 is 9.59 Å². The van der Waals surface area contributed by atoms with Crippen molar-refractivity contribution in [3.63, 3.8) is 0 Å². The number of likely N-dealkylation sites (N-methyl/N-ethyl adjacent to an activating group) is 1. The normalized spacial score (nSPS) is 16.2. The Kier molecular flexibility index (Phi) is 4.61. The highest BCUT2D eigenvalue weighted by Crippen LogP contribution is 2.32. The third kappa shape index (κ3) is 3.29. The second kappa shape index (κ2) is 6.41. The molecule has 0 saturated heterocycles. The molecule has 20 heavy (non-hydrogen) atoms. The Bertz CT molecular complexity index is 502. The average molecular weight is 275 g/mol. The molecule has 1 unspecified atom stereocenters. The van der Waals surface area contributed by atoms with E-state index in [1.165, 1.54) is 5.56 Å². The van der Waals surface area contributed by atoms with Gasteiger partial charge in [0.1, 0.15) is 0 Å². The Morgan fingerprint density at radius 2 is 2.15 bits per heavy atom. The van der Waals surface area contributed by atoms with Crippen LogP contribution in [0.15, 0.2) is 24.3 Å². The maximum absolute atomic E-state index is 11.9. The number of para-hydroxylation sites is 1. The fourth-order valence-electron chi connectivity index (χ4n) is 2.32. The van der Waals surface area contributed by atoms with Crippen molar-refractivity contribution in [2.24, 2.45) is 0 Å². The van der Waals surface area contributed by atoms with Gasteiger partial charge in [-0.1, -0.05) is 18.2 Å². The molecule has 0 radical (unpaired) electrons. The number of carbonyl (C=O) groups excluding carboxylic acids is 2. The lowest BCUT2D eigenvalue weighted by molar-refractivity contribution is -0.131. The molecule has 5 heteroatoms. The molecule has 1 aliphatic heterocycles. The largest absolute Gasteiger partial charge is 0.384 e. The standard InChI is InChI=1S/C15H21N3O2/c1-3-18(2)15(20)10-17-14(19)8-11-9-16-13-7-5-4-6-12(11)13/h4-7,11,16H,3,8-10H2,1-2H3,(H,17,19). The summed E-state index contributed by atoms with van der Waals surface area (Å²) in [6.07, 6.45) is 0.410. The molecule has 1 atom stereocenters. The molecule has 2 rings (SSSR count). The number of benzene rings is 1. The van der Waals surface area contributed by atoms with Gasteiger partial charge in [0.25, 0.3) is 0 Å². The van der Waals surface area contributed by atoms with E-state index in [1.807, 2.05) is 31.2 Å². The number of anilines is 1. The summed E-state index contributed by atoms with van der Waals surface area (Å²) in [5, 5.41) is 5.99. The third-order valence-corrected chi connectivity index (χ3v) is 3.71. The van der Waals surface area contributed by atoms with Gasteiger partial charge in [-0.3, -0.25) is 9.59 Å². The summed E-state index contributed by atoms with van der Waals surface area (Å²) < 4.78 is 0. The minimum Gasteiger partial charge on any atom is -0.384 e. The lowest BCUT2D eigenvalue weighted by Crippen LogP contribution is -2.38. The van der Waals surface area contributed by atoms with Gasteiger partial charge in [0.15, 0.2) is 0 Å². The lowest BCUT2D eigenvalue weighted by Gasteiger charge is -2.15. The van der Waals surface area contributed by atoms with Crippen molar-refractivity contribution >= 4 is 17.5 Å². The van der Waals surface area contributed by atoms with Crippen molar-refractivity contribution in [2.75, 3.05) is 32.0 Å². The van der Waals surface area contributed by atoms with Crippen LogP contribution in [0.2, 0.25) is 0 Å². The lowest BCUT2D eigenvalue weighted by atomic mass is 9.97. The van der Waals surface area contributed by atoms with Gasteiger partial charge < -0.3 is 15.5 Å². The Labute approximate surface area is 119 Å². The Hall–Kier alpha value is -2.04. The summed E-state index contributed by atoms with van der Waals surface area (Å²) in [4.78, 5) is 25.1. The average Bonchev–Trinajstić information content (AvgIpc) is 2.87. The summed E-state index contributed by atoms with van der Waals surface area (Å²) >= 11 is 0. The van der Waals surface area contributed by atoms with Crippen LogP contribution in [-0.4, -0.2) is 43.4 Å². The van der Waals surface area contributed by atoms with E-state index < -0.39 is 0 Å². The van der Waals surface area contributed by atoms with E-state index >= 15 is 0 Å². The van der Waals surface area contributed by atoms with E-state index in [4.69, 9.17) is 0 Å². The Balaban J connectivity index is 1.83. The fourth-order valence-corrected chi connectivity index (χ4v) is 2.32. The zero-order chi connectivity index (χ0) is 14.5. The van der Waals surface area contributed by atoms with Crippen LogP contribution in [0.3, 0.4) is 0 Å². The molecular formula is C15H21N3O2. The summed E-state index contributed by atoms with van der Waals surface area (Å²) in [5.41, 5.74) is 2.28. The van der Waals surface area contributed by atoms with Crippen LogP contribution in [0.1, 0.15) is 24.8 Å². The molecule has 2 N–H and O–H groups in total. The summed E-state index contributed by atoms with van der Waals surface area (Å²) in [7, 11) is 1.73. The Morgan fingerprint density at radius 1 is 1.40 bits per heavy atom. The van der Waals surface area contributed by atoms with E-state index in [9.17, 15) is 9.59 Å². The molecule has 1 heterocycles. The molecule has 5 nitrogen and oxygen atoms in total. The number of rotatable bonds is 5. The first-order valence-corrected chi connectivity index (χ1v) is 6.95. The minimum atomic E-state index is -0.0774. The van der Waals surface area contributed by atoms with Crippen molar-refractivity contribution in [3.05, 3.63) is 29.8 Å². The molecule has 0 saturated carbocycles. The molecule has 1 aromatic rings. The number of fused-ring (bicyclic) bond motifs is 1. The number of hydrogen-bond donors (Lipinski definition) is 2. The van der Waals surface area contributed by atoms with Crippen LogP contribution in [0.5, 0.6) is 0 Å². The Morgan fingerprint density at radius 3 is 2.90 bits per heavy atom. The minimum absolute atomic E-state index is 0.0641. The molecule has 0 bridgehead atoms. The highest BCUT2D eigenvalue weighted by atomic mass is 16.2. The predicted molar refractivity (Wildman–Crippen MR) is 78.6 cm³/mol. The highest BCUT2D eigenvalue weighted by molar-refractivity contribution is 5.85. The first-order chi connectivity index (χ1) is 9.61. The number of nitrogens with one attached hydrogen (secondary N) is 2. The van der Waals surface area contributed by atoms with E-state index in [1.54, 1.807) is 11.9 Å². The maximum atomic E-state index is 11.9. The van der Waals surface area contributed by atoms with Gasteiger partial charge in [0.05, 0.1) is 6.54 Å². The number of carbonyl (C=O) groups is 2. The first kappa shape index (κ1) is 14.4. The molecule has 1 aromatic carbocycles. The monoisotopic (exact) mass is 275 g/mol. The number of amides is 2. The van der Waals surface area contributed by atoms with Crippen LogP contribution >= 0.6 is 0 Å². The molecule has 1 aliphatic rings. The second-order valence-corrected chi connectivity index (χ2v) is 5.05. The smallest absolute Gasteiger partial charge is 0.241 e. The van der Waals surface area contributed by atoms with E-state index in [0.717, 1.165) is 12.2 Å². The molecule has 0 aliphatic carbocycles. The van der Waals surface area contributed by atoms with E-state index in [-0.39, 0.29) is 24.3 Å². The SMILES string of the molecule is CCN(C)C(=O)CNC(=O)CC1CNc2ccccc21. The van der Waals surface area contributed by atoms with Crippen LogP contribution in [0.25, 0.3) is 0 Å². The van der Waals surface area contributed by atoms with Crippen molar-refractivity contribution in [2.45, 2.75) is 19.3 Å². The van der Waals surface area contributed by atoms with Crippen molar-refractivity contribution in [1.82, 2.24) is 10.2 Å². The molecular weight excluding hydrogens is 254 g/mol. The van der Waals surface area contributed by atoms with Crippen LogP contribution in [-0.2, 0) is 9.59 Å². The quantitative estimate of drug-likeness (QED) is 0.848. The maximum Gasteiger partial charge on any atom is 0.241 e. The molecule has 2 amide bonds. The second-order valence-electron chi connectivity index (χ2n) is 5.05. The van der Waals surface area contributed by atoms with Gasteiger partial charge in [-0.15, -0.1) is 0 Å². The molecule has 0 spiro atoms. The van der Waals surface area contributed by atoms with E-state index in [0.29, 0.717) is 13.0 Å².